The van der Waals surface area contributed by atoms with Gasteiger partial charge in [-0.1, -0.05) is 11.8 Å². The molecule has 0 spiro atoms. The minimum Gasteiger partial charge on any atom is -0.354 e. The number of nitrogens with two attached hydrogens (primary N) is 1. The lowest BCUT2D eigenvalue weighted by Crippen LogP contribution is -2.34. The molecular formula is C14H15F3N6O4S2. The fourth-order valence-corrected chi connectivity index (χ4v) is 3.24. The number of aromatic nitrogens is 2. The predicted molar refractivity (Wildman–Crippen MR) is 97.8 cm³/mol. The lowest BCUT2D eigenvalue weighted by molar-refractivity contribution is -0.118. The number of amides is 1. The molecule has 0 unspecified atom stereocenters. The Morgan fingerprint density at radius 1 is 1.31 bits per heavy atom. The molecule has 1 aromatic heterocycles. The number of alkyl halides is 2. The summed E-state index contributed by atoms with van der Waals surface area (Å²) in [6.07, 6.45) is -2.88. The van der Waals surface area contributed by atoms with Crippen molar-refractivity contribution in [3.05, 3.63) is 35.3 Å². The summed E-state index contributed by atoms with van der Waals surface area (Å²) in [5.41, 5.74) is -0.698. The first-order valence-electron chi connectivity index (χ1n) is 7.72. The molecule has 1 heterocycles. The number of hydrogen-bond acceptors (Lipinski definition) is 8. The number of halogens is 3. The van der Waals surface area contributed by atoms with Gasteiger partial charge in [-0.05, 0) is 28.5 Å². The highest BCUT2D eigenvalue weighted by Crippen LogP contribution is 2.25. The van der Waals surface area contributed by atoms with Crippen LogP contribution in [0.2, 0.25) is 0 Å². The number of benzene rings is 1. The van der Waals surface area contributed by atoms with E-state index in [0.717, 1.165) is 23.9 Å². The van der Waals surface area contributed by atoms with Crippen LogP contribution in [0.25, 0.3) is 0 Å². The first kappa shape index (κ1) is 22.6. The van der Waals surface area contributed by atoms with Crippen molar-refractivity contribution in [3.63, 3.8) is 0 Å². The Hall–Kier alpha value is -2.65. The summed E-state index contributed by atoms with van der Waals surface area (Å²) in [6.45, 7) is 0.0632. The van der Waals surface area contributed by atoms with Gasteiger partial charge in [-0.2, -0.15) is 0 Å². The van der Waals surface area contributed by atoms with E-state index in [1.807, 2.05) is 0 Å². The number of rotatable bonds is 9. The van der Waals surface area contributed by atoms with E-state index in [1.54, 1.807) is 0 Å². The van der Waals surface area contributed by atoms with E-state index in [4.69, 9.17) is 10.5 Å². The van der Waals surface area contributed by atoms with Crippen LogP contribution in [0.1, 0.15) is 17.7 Å². The van der Waals surface area contributed by atoms with Gasteiger partial charge in [0.15, 0.2) is 16.6 Å². The molecule has 1 aromatic carbocycles. The van der Waals surface area contributed by atoms with Crippen LogP contribution in [-0.2, 0) is 14.8 Å². The molecule has 0 saturated heterocycles. The maximum atomic E-state index is 13.5. The summed E-state index contributed by atoms with van der Waals surface area (Å²) in [5, 5.41) is 24.8. The average Bonchev–Trinajstić information content (AvgIpc) is 3.05. The number of nitrogens with zero attached hydrogens (tertiary/aromatic N) is 2. The van der Waals surface area contributed by atoms with Crippen molar-refractivity contribution < 1.29 is 31.0 Å². The number of carbonyl (C=O) groups is 1. The molecule has 158 valence electrons. The van der Waals surface area contributed by atoms with Gasteiger partial charge >= 0.3 is 0 Å². The van der Waals surface area contributed by atoms with Gasteiger partial charge in [0, 0.05) is 23.5 Å². The summed E-state index contributed by atoms with van der Waals surface area (Å²) in [6, 6.07) is 2.61. The number of amidine groups is 1. The molecule has 5 N–H and O–H groups in total. The molecule has 2 rings (SSSR count). The highest BCUT2D eigenvalue weighted by Gasteiger charge is 2.18. The number of anilines is 1. The number of thioether (sulfide) groups is 1. The minimum absolute atomic E-state index is 0.0614. The molecule has 0 bridgehead atoms. The second kappa shape index (κ2) is 9.71. The maximum absolute atomic E-state index is 13.5. The van der Waals surface area contributed by atoms with Gasteiger partial charge in [-0.25, -0.2) is 31.4 Å². The van der Waals surface area contributed by atoms with Crippen LogP contribution < -0.4 is 15.8 Å². The van der Waals surface area contributed by atoms with Crippen molar-refractivity contribution in [3.8, 4) is 0 Å². The Morgan fingerprint density at radius 3 is 2.69 bits per heavy atom. The zero-order valence-electron chi connectivity index (χ0n) is 14.5. The van der Waals surface area contributed by atoms with E-state index in [0.29, 0.717) is 6.07 Å². The summed E-state index contributed by atoms with van der Waals surface area (Å²) in [7, 11) is -3.93. The molecule has 0 aliphatic rings. The summed E-state index contributed by atoms with van der Waals surface area (Å²) in [5.74, 6) is -2.68. The number of carbonyl (C=O) groups excluding carboxylic acids is 1. The molecular weight excluding hydrogens is 437 g/mol. The molecule has 1 amide bonds. The fourth-order valence-electron chi connectivity index (χ4n) is 2.01. The van der Waals surface area contributed by atoms with E-state index < -0.39 is 39.5 Å². The molecule has 0 atom stereocenters. The van der Waals surface area contributed by atoms with Crippen molar-refractivity contribution in [2.45, 2.75) is 11.5 Å². The molecule has 0 fully saturated rings. The van der Waals surface area contributed by atoms with Gasteiger partial charge < -0.3 is 10.6 Å². The van der Waals surface area contributed by atoms with Crippen LogP contribution in [0.15, 0.2) is 27.9 Å². The van der Waals surface area contributed by atoms with Crippen LogP contribution in [0.5, 0.6) is 0 Å². The largest absolute Gasteiger partial charge is 0.354 e. The molecule has 29 heavy (non-hydrogen) atoms. The fraction of sp³-hybridized carbons (Fsp3) is 0.286. The molecule has 0 aliphatic carbocycles. The van der Waals surface area contributed by atoms with Gasteiger partial charge in [0.1, 0.15) is 11.6 Å². The summed E-state index contributed by atoms with van der Waals surface area (Å²) < 4.78 is 65.1. The lowest BCUT2D eigenvalue weighted by atomic mass is 10.2. The zero-order chi connectivity index (χ0) is 21.6. The highest BCUT2D eigenvalue weighted by molar-refractivity contribution is 7.99. The predicted octanol–water partition coefficient (Wildman–Crippen LogP) is 1.08. The van der Waals surface area contributed by atoms with E-state index in [2.05, 4.69) is 25.6 Å². The molecule has 15 heteroatoms. The van der Waals surface area contributed by atoms with Crippen LogP contribution in [0, 0.1) is 11.2 Å². The van der Waals surface area contributed by atoms with Crippen LogP contribution >= 0.6 is 11.8 Å². The van der Waals surface area contributed by atoms with Crippen molar-refractivity contribution in [1.82, 2.24) is 15.6 Å². The molecule has 2 aromatic rings. The van der Waals surface area contributed by atoms with Crippen molar-refractivity contribution in [2.24, 2.45) is 5.14 Å². The normalized spacial score (nSPS) is 11.5. The van der Waals surface area contributed by atoms with Gasteiger partial charge in [-0.15, -0.1) is 0 Å². The Balaban J connectivity index is 1.94. The third kappa shape index (κ3) is 7.35. The summed E-state index contributed by atoms with van der Waals surface area (Å²) >= 11 is 1.03. The standard InChI is InChI=1S/C14H15F3N6O4S2/c15-8-3-7(12(16)17)4-9(5-8)21-13(18)11-14(23-27-22-11)28-2-1-20-10(24)6-29(19,25)26/h3-5,12H,1-2,6H2,(H2,18,21)(H,20,24)(H2,19,25,26). The van der Waals surface area contributed by atoms with Gasteiger partial charge in [-0.3, -0.25) is 10.2 Å². The first-order chi connectivity index (χ1) is 13.5. The summed E-state index contributed by atoms with van der Waals surface area (Å²) in [4.78, 5) is 11.3. The van der Waals surface area contributed by atoms with Crippen LogP contribution in [0.4, 0.5) is 18.9 Å². The monoisotopic (exact) mass is 452 g/mol. The smallest absolute Gasteiger partial charge is 0.264 e. The number of hydrogen-bond donors (Lipinski definition) is 4. The van der Waals surface area contributed by atoms with E-state index in [1.165, 1.54) is 0 Å². The number of sulfonamides is 1. The van der Waals surface area contributed by atoms with Gasteiger partial charge in [0.2, 0.25) is 15.9 Å². The third-order valence-electron chi connectivity index (χ3n) is 3.13. The topological polar surface area (TPSA) is 164 Å². The zero-order valence-corrected chi connectivity index (χ0v) is 16.1. The Bertz CT molecular complexity index is 999. The molecule has 10 nitrogen and oxygen atoms in total. The van der Waals surface area contributed by atoms with Crippen molar-refractivity contribution >= 4 is 39.2 Å². The Morgan fingerprint density at radius 2 is 2.03 bits per heavy atom. The molecule has 0 saturated carbocycles. The maximum Gasteiger partial charge on any atom is 0.264 e. The van der Waals surface area contributed by atoms with E-state index >= 15 is 0 Å². The van der Waals surface area contributed by atoms with Gasteiger partial charge in [0.05, 0.1) is 0 Å². The SMILES string of the molecule is N=C(Nc1cc(F)cc(C(F)F)c1)c1nonc1SCCNC(=O)CS(N)(=O)=O. The Labute approximate surface area is 166 Å². The van der Waals surface area contributed by atoms with Crippen LogP contribution in [-0.4, -0.2) is 48.5 Å². The van der Waals surface area contributed by atoms with Crippen LogP contribution in [0.3, 0.4) is 0 Å². The van der Waals surface area contributed by atoms with Crippen molar-refractivity contribution in [1.29, 1.82) is 5.41 Å². The Kier molecular flexibility index (Phi) is 7.58. The average molecular weight is 452 g/mol. The molecule has 0 aliphatic heterocycles. The second-order valence-corrected chi connectivity index (χ2v) is 8.20. The lowest BCUT2D eigenvalue weighted by Gasteiger charge is -2.09. The van der Waals surface area contributed by atoms with E-state index in [9.17, 15) is 26.4 Å². The number of nitrogens with one attached hydrogen (secondary N) is 3. The third-order valence-corrected chi connectivity index (χ3v) is 4.75. The number of primary sulfonamides is 1. The molecule has 0 radical (unpaired) electrons. The van der Waals surface area contributed by atoms with Gasteiger partial charge in [0.25, 0.3) is 6.43 Å². The van der Waals surface area contributed by atoms with Crippen molar-refractivity contribution in [2.75, 3.05) is 23.4 Å². The first-order valence-corrected chi connectivity index (χ1v) is 10.4. The second-order valence-electron chi connectivity index (χ2n) is 5.50. The van der Waals surface area contributed by atoms with E-state index in [-0.39, 0.29) is 34.5 Å². The quantitative estimate of drug-likeness (QED) is 0.190. The minimum atomic E-state index is -3.93. The highest BCUT2D eigenvalue weighted by atomic mass is 32.2.